The molecular weight excluding hydrogens is 196 g/mol. The van der Waals surface area contributed by atoms with E-state index in [2.05, 4.69) is 31.1 Å². The summed E-state index contributed by atoms with van der Waals surface area (Å²) < 4.78 is 0. The van der Waals surface area contributed by atoms with Gasteiger partial charge in [-0.05, 0) is 44.1 Å². The second-order valence-electron chi connectivity index (χ2n) is 6.25. The number of nitrogens with zero attached hydrogens (tertiary/aromatic N) is 1. The molecule has 4 unspecified atom stereocenters. The van der Waals surface area contributed by atoms with Crippen LogP contribution in [0, 0.1) is 17.8 Å². The first kappa shape index (κ1) is 12.4. The highest BCUT2D eigenvalue weighted by molar-refractivity contribution is 4.86. The van der Waals surface area contributed by atoms with Gasteiger partial charge in [0, 0.05) is 25.7 Å². The number of hydrogen-bond acceptors (Lipinski definition) is 2. The van der Waals surface area contributed by atoms with E-state index in [0.717, 1.165) is 23.8 Å². The van der Waals surface area contributed by atoms with Gasteiger partial charge in [0.25, 0.3) is 0 Å². The molecule has 2 heteroatoms. The topological polar surface area (TPSA) is 15.3 Å². The summed E-state index contributed by atoms with van der Waals surface area (Å²) in [7, 11) is 2.13. The number of piperidine rings is 1. The molecule has 2 aliphatic rings. The molecule has 0 bridgehead atoms. The number of nitrogens with one attached hydrogen (secondary N) is 1. The third-order valence-electron chi connectivity index (χ3n) is 4.47. The summed E-state index contributed by atoms with van der Waals surface area (Å²) in [5, 5.41) is 3.50. The fraction of sp³-hybridized carbons (Fsp3) is 1.00. The highest BCUT2D eigenvalue weighted by Gasteiger charge is 2.30. The lowest BCUT2D eigenvalue weighted by molar-refractivity contribution is 0.117. The largest absolute Gasteiger partial charge is 0.317 e. The average molecular weight is 224 g/mol. The normalized spacial score (nSPS) is 41.4. The molecule has 1 aliphatic heterocycles. The molecule has 1 N–H and O–H groups in total. The Kier molecular flexibility index (Phi) is 4.26. The Morgan fingerprint density at radius 2 is 1.81 bits per heavy atom. The third-order valence-corrected chi connectivity index (χ3v) is 4.47. The van der Waals surface area contributed by atoms with Crippen molar-refractivity contribution >= 4 is 0 Å². The Labute approximate surface area is 101 Å². The summed E-state index contributed by atoms with van der Waals surface area (Å²) in [4.78, 5) is 2.72. The van der Waals surface area contributed by atoms with Crippen molar-refractivity contribution in [2.45, 2.75) is 45.6 Å². The van der Waals surface area contributed by atoms with Crippen molar-refractivity contribution in [1.29, 1.82) is 0 Å². The zero-order valence-corrected chi connectivity index (χ0v) is 11.2. The van der Waals surface area contributed by atoms with E-state index in [4.69, 9.17) is 0 Å². The van der Waals surface area contributed by atoms with Gasteiger partial charge in [0.15, 0.2) is 0 Å². The van der Waals surface area contributed by atoms with Crippen molar-refractivity contribution in [3.63, 3.8) is 0 Å². The highest BCUT2D eigenvalue weighted by Crippen LogP contribution is 2.28. The Hall–Kier alpha value is -0.0800. The zero-order valence-electron chi connectivity index (χ0n) is 11.2. The number of rotatable bonds is 3. The van der Waals surface area contributed by atoms with Crippen LogP contribution in [-0.2, 0) is 0 Å². The minimum atomic E-state index is 0.785. The summed E-state index contributed by atoms with van der Waals surface area (Å²) in [5.74, 6) is 2.71. The van der Waals surface area contributed by atoms with Crippen LogP contribution < -0.4 is 5.32 Å². The van der Waals surface area contributed by atoms with Gasteiger partial charge in [0.1, 0.15) is 0 Å². The molecule has 4 atom stereocenters. The predicted octanol–water partition coefficient (Wildman–Crippen LogP) is 2.35. The lowest BCUT2D eigenvalue weighted by Gasteiger charge is -2.37. The monoisotopic (exact) mass is 224 g/mol. The minimum Gasteiger partial charge on any atom is -0.317 e. The molecule has 2 fully saturated rings. The van der Waals surface area contributed by atoms with Crippen LogP contribution in [0.3, 0.4) is 0 Å². The average Bonchev–Trinajstić information content (AvgIpc) is 2.63. The second-order valence-corrected chi connectivity index (χ2v) is 6.25. The Morgan fingerprint density at radius 1 is 1.12 bits per heavy atom. The van der Waals surface area contributed by atoms with Gasteiger partial charge in [-0.2, -0.15) is 0 Å². The van der Waals surface area contributed by atoms with E-state index in [1.54, 1.807) is 0 Å². The molecule has 1 heterocycles. The van der Waals surface area contributed by atoms with Gasteiger partial charge >= 0.3 is 0 Å². The molecule has 1 saturated heterocycles. The molecule has 0 amide bonds. The summed E-state index contributed by atoms with van der Waals surface area (Å²) in [5.41, 5.74) is 0. The maximum Gasteiger partial charge on any atom is 0.0104 e. The van der Waals surface area contributed by atoms with E-state index in [1.165, 1.54) is 45.3 Å². The van der Waals surface area contributed by atoms with Crippen LogP contribution in [-0.4, -0.2) is 37.6 Å². The Balaban J connectivity index is 1.84. The maximum atomic E-state index is 3.50. The first-order valence-corrected chi connectivity index (χ1v) is 7.08. The molecule has 2 rings (SSSR count). The summed E-state index contributed by atoms with van der Waals surface area (Å²) >= 11 is 0. The second kappa shape index (κ2) is 5.50. The molecule has 0 aromatic rings. The van der Waals surface area contributed by atoms with Crippen molar-refractivity contribution in [3.8, 4) is 0 Å². The van der Waals surface area contributed by atoms with Gasteiger partial charge < -0.3 is 10.2 Å². The molecule has 0 radical (unpaired) electrons. The molecule has 1 aliphatic carbocycles. The van der Waals surface area contributed by atoms with Gasteiger partial charge in [-0.15, -0.1) is 0 Å². The standard InChI is InChI=1S/C14H28N2/c1-11-7-12(2)9-16(8-11)10-13-5-4-6-14(13)15-3/h11-15H,4-10H2,1-3H3. The predicted molar refractivity (Wildman–Crippen MR) is 69.6 cm³/mol. The Morgan fingerprint density at radius 3 is 2.44 bits per heavy atom. The number of likely N-dealkylation sites (tertiary alicyclic amines) is 1. The molecule has 1 saturated carbocycles. The molecule has 0 aromatic heterocycles. The van der Waals surface area contributed by atoms with Crippen molar-refractivity contribution in [3.05, 3.63) is 0 Å². The van der Waals surface area contributed by atoms with Gasteiger partial charge in [0.2, 0.25) is 0 Å². The molecule has 16 heavy (non-hydrogen) atoms. The van der Waals surface area contributed by atoms with E-state index in [-0.39, 0.29) is 0 Å². The van der Waals surface area contributed by atoms with Crippen molar-refractivity contribution in [2.75, 3.05) is 26.7 Å². The lowest BCUT2D eigenvalue weighted by atomic mass is 9.90. The van der Waals surface area contributed by atoms with E-state index < -0.39 is 0 Å². The van der Waals surface area contributed by atoms with E-state index in [0.29, 0.717) is 0 Å². The molecule has 94 valence electrons. The Bertz CT molecular complexity index is 207. The van der Waals surface area contributed by atoms with Crippen LogP contribution in [0.5, 0.6) is 0 Å². The van der Waals surface area contributed by atoms with Crippen LogP contribution in [0.1, 0.15) is 39.5 Å². The van der Waals surface area contributed by atoms with E-state index >= 15 is 0 Å². The van der Waals surface area contributed by atoms with E-state index in [1.807, 2.05) is 0 Å². The molecule has 2 nitrogen and oxygen atoms in total. The van der Waals surface area contributed by atoms with Crippen LogP contribution in [0.2, 0.25) is 0 Å². The highest BCUT2D eigenvalue weighted by atomic mass is 15.1. The SMILES string of the molecule is CNC1CCCC1CN1CC(C)CC(C)C1. The minimum absolute atomic E-state index is 0.785. The van der Waals surface area contributed by atoms with Crippen molar-refractivity contribution in [1.82, 2.24) is 10.2 Å². The molecule has 0 aromatic carbocycles. The van der Waals surface area contributed by atoms with Gasteiger partial charge in [-0.1, -0.05) is 20.3 Å². The van der Waals surface area contributed by atoms with Crippen LogP contribution >= 0.6 is 0 Å². The summed E-state index contributed by atoms with van der Waals surface area (Å²) in [6, 6.07) is 0.785. The first-order chi connectivity index (χ1) is 7.69. The fourth-order valence-corrected chi connectivity index (χ4v) is 3.91. The smallest absolute Gasteiger partial charge is 0.0104 e. The lowest BCUT2D eigenvalue weighted by Crippen LogP contribution is -2.44. The van der Waals surface area contributed by atoms with Crippen molar-refractivity contribution in [2.24, 2.45) is 17.8 Å². The zero-order chi connectivity index (χ0) is 11.5. The quantitative estimate of drug-likeness (QED) is 0.791. The maximum absolute atomic E-state index is 3.50. The van der Waals surface area contributed by atoms with E-state index in [9.17, 15) is 0 Å². The van der Waals surface area contributed by atoms with Crippen molar-refractivity contribution < 1.29 is 0 Å². The molecular formula is C14H28N2. The van der Waals surface area contributed by atoms with Crippen LogP contribution in [0.4, 0.5) is 0 Å². The van der Waals surface area contributed by atoms with Gasteiger partial charge in [-0.25, -0.2) is 0 Å². The van der Waals surface area contributed by atoms with Gasteiger partial charge in [-0.3, -0.25) is 0 Å². The van der Waals surface area contributed by atoms with Crippen LogP contribution in [0.15, 0.2) is 0 Å². The third kappa shape index (κ3) is 2.98. The summed E-state index contributed by atoms with van der Waals surface area (Å²) in [6.45, 7) is 8.81. The fourth-order valence-electron chi connectivity index (χ4n) is 3.91. The first-order valence-electron chi connectivity index (χ1n) is 7.08. The summed E-state index contributed by atoms with van der Waals surface area (Å²) in [6.07, 6.45) is 5.68. The van der Waals surface area contributed by atoms with Crippen LogP contribution in [0.25, 0.3) is 0 Å². The molecule has 0 spiro atoms. The van der Waals surface area contributed by atoms with Gasteiger partial charge in [0.05, 0.1) is 0 Å². The number of hydrogen-bond donors (Lipinski definition) is 1.